The molecule has 4 N–H and O–H groups in total. The molecular formula is C13H15ClN4O. The summed E-state index contributed by atoms with van der Waals surface area (Å²) >= 11 is 6.13. The third-order valence-corrected chi connectivity index (χ3v) is 3.90. The lowest BCUT2D eigenvalue weighted by Crippen LogP contribution is -2.34. The smallest absolute Gasteiger partial charge is 0.259 e. The first-order chi connectivity index (χ1) is 9.08. The molecule has 100 valence electrons. The third-order valence-electron chi connectivity index (χ3n) is 3.59. The Morgan fingerprint density at radius 1 is 1.26 bits per heavy atom. The first-order valence-corrected chi connectivity index (χ1v) is 6.65. The van der Waals surface area contributed by atoms with Crippen LogP contribution >= 0.6 is 11.6 Å². The molecule has 1 aliphatic rings. The predicted octanol–water partition coefficient (Wildman–Crippen LogP) is 2.70. The number of benzene rings is 1. The van der Waals surface area contributed by atoms with Crippen molar-refractivity contribution in [2.75, 3.05) is 5.73 Å². The summed E-state index contributed by atoms with van der Waals surface area (Å²) in [7, 11) is 0. The Balaban J connectivity index is 1.97. The van der Waals surface area contributed by atoms with Crippen LogP contribution in [0, 0.1) is 0 Å². The monoisotopic (exact) mass is 278 g/mol. The minimum atomic E-state index is -0.456. The second-order valence-corrected chi connectivity index (χ2v) is 5.43. The van der Waals surface area contributed by atoms with Gasteiger partial charge in [-0.25, -0.2) is 0 Å². The van der Waals surface area contributed by atoms with Crippen molar-refractivity contribution >= 4 is 17.3 Å². The standard InChI is InChI=1S/C13H15ClN4O/c14-10-7-8(15)3-4-9(10)11-17-12(18-19-11)13(16)5-1-2-6-13/h3-4,7H,1-2,5-6,15-16H2. The summed E-state index contributed by atoms with van der Waals surface area (Å²) in [6.07, 6.45) is 3.98. The number of hydrogen-bond donors (Lipinski definition) is 2. The lowest BCUT2D eigenvalue weighted by Gasteiger charge is -2.17. The van der Waals surface area contributed by atoms with Crippen LogP contribution in [0.15, 0.2) is 22.7 Å². The molecule has 2 aromatic rings. The van der Waals surface area contributed by atoms with E-state index < -0.39 is 5.54 Å². The first kappa shape index (κ1) is 12.4. The maximum absolute atomic E-state index is 6.30. The van der Waals surface area contributed by atoms with Gasteiger partial charge in [-0.15, -0.1) is 0 Å². The highest BCUT2D eigenvalue weighted by Crippen LogP contribution is 2.36. The van der Waals surface area contributed by atoms with Gasteiger partial charge in [-0.2, -0.15) is 4.98 Å². The molecule has 6 heteroatoms. The number of nitrogen functional groups attached to an aromatic ring is 1. The molecule has 1 fully saturated rings. The fourth-order valence-electron chi connectivity index (χ4n) is 2.47. The highest BCUT2D eigenvalue weighted by atomic mass is 35.5. The molecule has 0 radical (unpaired) electrons. The molecule has 0 spiro atoms. The van der Waals surface area contributed by atoms with Crippen LogP contribution in [0.5, 0.6) is 0 Å². The van der Waals surface area contributed by atoms with Gasteiger partial charge >= 0.3 is 0 Å². The number of aromatic nitrogens is 2. The maximum Gasteiger partial charge on any atom is 0.259 e. The van der Waals surface area contributed by atoms with E-state index in [0.29, 0.717) is 28.0 Å². The molecule has 1 aliphatic carbocycles. The normalized spacial score (nSPS) is 17.8. The van der Waals surface area contributed by atoms with E-state index in [1.165, 1.54) is 0 Å². The zero-order chi connectivity index (χ0) is 13.5. The molecule has 0 bridgehead atoms. The molecule has 1 saturated carbocycles. The molecule has 0 atom stereocenters. The SMILES string of the molecule is Nc1ccc(-c2nc(C3(N)CCCC3)no2)c(Cl)c1. The lowest BCUT2D eigenvalue weighted by molar-refractivity contribution is 0.372. The van der Waals surface area contributed by atoms with E-state index in [-0.39, 0.29) is 0 Å². The van der Waals surface area contributed by atoms with Crippen LogP contribution in [0.4, 0.5) is 5.69 Å². The average Bonchev–Trinajstić information content (AvgIpc) is 2.99. The summed E-state index contributed by atoms with van der Waals surface area (Å²) in [4.78, 5) is 4.40. The van der Waals surface area contributed by atoms with Crippen molar-refractivity contribution in [3.05, 3.63) is 29.0 Å². The van der Waals surface area contributed by atoms with E-state index in [1.54, 1.807) is 18.2 Å². The van der Waals surface area contributed by atoms with Crippen molar-refractivity contribution in [1.29, 1.82) is 0 Å². The Labute approximate surface area is 115 Å². The molecular weight excluding hydrogens is 264 g/mol. The van der Waals surface area contributed by atoms with Crippen molar-refractivity contribution in [1.82, 2.24) is 10.1 Å². The van der Waals surface area contributed by atoms with Crippen molar-refractivity contribution in [3.63, 3.8) is 0 Å². The summed E-state index contributed by atoms with van der Waals surface area (Å²) in [6.45, 7) is 0. The van der Waals surface area contributed by atoms with Crippen LogP contribution < -0.4 is 11.5 Å². The first-order valence-electron chi connectivity index (χ1n) is 6.27. The molecule has 5 nitrogen and oxygen atoms in total. The topological polar surface area (TPSA) is 91.0 Å². The minimum Gasteiger partial charge on any atom is -0.399 e. The van der Waals surface area contributed by atoms with Gasteiger partial charge in [0.25, 0.3) is 5.89 Å². The van der Waals surface area contributed by atoms with Crippen molar-refractivity contribution < 1.29 is 4.52 Å². The largest absolute Gasteiger partial charge is 0.399 e. The maximum atomic E-state index is 6.30. The highest BCUT2D eigenvalue weighted by molar-refractivity contribution is 6.33. The van der Waals surface area contributed by atoms with Gasteiger partial charge in [-0.05, 0) is 31.0 Å². The van der Waals surface area contributed by atoms with E-state index in [2.05, 4.69) is 10.1 Å². The van der Waals surface area contributed by atoms with E-state index in [4.69, 9.17) is 27.6 Å². The van der Waals surface area contributed by atoms with Gasteiger partial charge in [0.2, 0.25) is 0 Å². The van der Waals surface area contributed by atoms with E-state index in [9.17, 15) is 0 Å². The van der Waals surface area contributed by atoms with Crippen molar-refractivity contribution in [2.45, 2.75) is 31.2 Å². The second-order valence-electron chi connectivity index (χ2n) is 5.03. The molecule has 0 aliphatic heterocycles. The van der Waals surface area contributed by atoms with Crippen LogP contribution in [-0.4, -0.2) is 10.1 Å². The molecule has 19 heavy (non-hydrogen) atoms. The van der Waals surface area contributed by atoms with E-state index in [1.807, 2.05) is 0 Å². The molecule has 1 aromatic carbocycles. The van der Waals surface area contributed by atoms with Gasteiger partial charge in [0.1, 0.15) is 0 Å². The van der Waals surface area contributed by atoms with Gasteiger partial charge in [-0.1, -0.05) is 29.6 Å². The van der Waals surface area contributed by atoms with Gasteiger partial charge in [0, 0.05) is 5.69 Å². The number of nitrogens with two attached hydrogens (primary N) is 2. The third kappa shape index (κ3) is 2.19. The molecule has 0 unspecified atom stereocenters. The lowest BCUT2D eigenvalue weighted by atomic mass is 9.99. The van der Waals surface area contributed by atoms with Crippen molar-refractivity contribution in [2.24, 2.45) is 5.73 Å². The zero-order valence-corrected chi connectivity index (χ0v) is 11.2. The van der Waals surface area contributed by atoms with E-state index in [0.717, 1.165) is 25.7 Å². The molecule has 0 amide bonds. The number of halogens is 1. The fraction of sp³-hybridized carbons (Fsp3) is 0.385. The summed E-state index contributed by atoms with van der Waals surface area (Å²) in [5.74, 6) is 0.949. The Morgan fingerprint density at radius 2 is 2.00 bits per heavy atom. The van der Waals surface area contributed by atoms with Gasteiger partial charge in [-0.3, -0.25) is 0 Å². The van der Waals surface area contributed by atoms with Crippen LogP contribution in [0.1, 0.15) is 31.5 Å². The highest BCUT2D eigenvalue weighted by Gasteiger charge is 2.36. The number of nitrogens with zero attached hydrogens (tertiary/aromatic N) is 2. The Morgan fingerprint density at radius 3 is 2.68 bits per heavy atom. The Hall–Kier alpha value is -1.59. The van der Waals surface area contributed by atoms with Gasteiger partial charge in [0.05, 0.1) is 16.1 Å². The molecule has 1 aromatic heterocycles. The number of rotatable bonds is 2. The Bertz CT molecular complexity index is 604. The summed E-state index contributed by atoms with van der Waals surface area (Å²) < 4.78 is 5.28. The van der Waals surface area contributed by atoms with Gasteiger partial charge < -0.3 is 16.0 Å². The summed E-state index contributed by atoms with van der Waals surface area (Å²) in [5, 5.41) is 4.50. The van der Waals surface area contributed by atoms with Crippen LogP contribution in [0.3, 0.4) is 0 Å². The minimum absolute atomic E-state index is 0.386. The van der Waals surface area contributed by atoms with Crippen LogP contribution in [0.2, 0.25) is 5.02 Å². The summed E-state index contributed by atoms with van der Waals surface area (Å²) in [5.41, 5.74) is 12.8. The Kier molecular flexibility index (Phi) is 2.95. The zero-order valence-electron chi connectivity index (χ0n) is 10.4. The second kappa shape index (κ2) is 4.51. The summed E-state index contributed by atoms with van der Waals surface area (Å²) in [6, 6.07) is 5.18. The molecule has 0 saturated heterocycles. The van der Waals surface area contributed by atoms with E-state index >= 15 is 0 Å². The van der Waals surface area contributed by atoms with Gasteiger partial charge in [0.15, 0.2) is 5.82 Å². The molecule has 1 heterocycles. The van der Waals surface area contributed by atoms with Crippen molar-refractivity contribution in [3.8, 4) is 11.5 Å². The van der Waals surface area contributed by atoms with Crippen LogP contribution in [0.25, 0.3) is 11.5 Å². The number of anilines is 1. The average molecular weight is 279 g/mol. The number of hydrogen-bond acceptors (Lipinski definition) is 5. The molecule has 3 rings (SSSR count). The quantitative estimate of drug-likeness (QED) is 0.824. The van der Waals surface area contributed by atoms with Crippen LogP contribution in [-0.2, 0) is 5.54 Å². The fourth-order valence-corrected chi connectivity index (χ4v) is 2.74. The predicted molar refractivity (Wildman–Crippen MR) is 73.5 cm³/mol.